The number of rotatable bonds is 13. The zero-order chi connectivity index (χ0) is 27.7. The van der Waals surface area contributed by atoms with Crippen LogP contribution in [0.4, 0.5) is 4.79 Å². The van der Waals surface area contributed by atoms with Crippen molar-refractivity contribution in [2.75, 3.05) is 6.54 Å². The fraction of sp³-hybridized carbons (Fsp3) is 0.393. The third-order valence-electron chi connectivity index (χ3n) is 6.50. The molecule has 2 amide bonds. The standard InChI is InChI=1S/C28H33N3O7/c1-18(2)25(31-27(37)38-17-19-8-4-3-5-9-19)26(36)28(13-20-10-6-7-11-21(20)14-28)29-15-23(33)30-22(16-32)12-24(34)35/h3-11,16,18,22,25,29H,12-15,17H2,1-2H3,(H,30,33)(H,31,37)(H,34,35)/t22-,25?/m0/s1. The fourth-order valence-corrected chi connectivity index (χ4v) is 4.55. The largest absolute Gasteiger partial charge is 0.481 e. The van der Waals surface area contributed by atoms with E-state index in [-0.39, 0.29) is 24.9 Å². The fourth-order valence-electron chi connectivity index (χ4n) is 4.55. The first-order valence-electron chi connectivity index (χ1n) is 12.4. The molecule has 38 heavy (non-hydrogen) atoms. The molecule has 0 fully saturated rings. The molecule has 10 heteroatoms. The smallest absolute Gasteiger partial charge is 0.408 e. The lowest BCUT2D eigenvalue weighted by Crippen LogP contribution is -2.63. The van der Waals surface area contributed by atoms with Gasteiger partial charge in [0.05, 0.1) is 30.6 Å². The Bertz CT molecular complexity index is 1140. The van der Waals surface area contributed by atoms with Crippen molar-refractivity contribution in [2.45, 2.75) is 57.3 Å². The molecule has 1 aliphatic rings. The average molecular weight is 524 g/mol. The van der Waals surface area contributed by atoms with E-state index in [1.165, 1.54) is 0 Å². The van der Waals surface area contributed by atoms with Crippen molar-refractivity contribution in [3.63, 3.8) is 0 Å². The van der Waals surface area contributed by atoms with Crippen LogP contribution in [0.3, 0.4) is 0 Å². The summed E-state index contributed by atoms with van der Waals surface area (Å²) in [6.07, 6.45) is -0.323. The Kier molecular flexibility index (Phi) is 9.72. The Morgan fingerprint density at radius 1 is 0.974 bits per heavy atom. The van der Waals surface area contributed by atoms with Crippen LogP contribution in [-0.2, 0) is 43.4 Å². The minimum atomic E-state index is -1.22. The molecule has 202 valence electrons. The summed E-state index contributed by atoms with van der Waals surface area (Å²) < 4.78 is 5.33. The van der Waals surface area contributed by atoms with Crippen LogP contribution in [-0.4, -0.2) is 59.3 Å². The maximum Gasteiger partial charge on any atom is 0.408 e. The summed E-state index contributed by atoms with van der Waals surface area (Å²) in [5, 5.41) is 17.1. The van der Waals surface area contributed by atoms with Crippen molar-refractivity contribution in [3.05, 3.63) is 71.3 Å². The number of aliphatic carboxylic acids is 1. The number of benzene rings is 2. The van der Waals surface area contributed by atoms with Crippen molar-refractivity contribution in [1.82, 2.24) is 16.0 Å². The third kappa shape index (κ3) is 7.48. The van der Waals surface area contributed by atoms with Crippen LogP contribution < -0.4 is 16.0 Å². The molecule has 1 aliphatic carbocycles. The molecular weight excluding hydrogens is 490 g/mol. The van der Waals surface area contributed by atoms with Crippen molar-refractivity contribution in [3.8, 4) is 0 Å². The van der Waals surface area contributed by atoms with Crippen molar-refractivity contribution in [1.29, 1.82) is 0 Å². The number of carboxylic acids is 1. The number of hydrogen-bond donors (Lipinski definition) is 4. The first-order valence-corrected chi connectivity index (χ1v) is 12.4. The van der Waals surface area contributed by atoms with Gasteiger partial charge in [-0.05, 0) is 35.4 Å². The molecule has 0 bridgehead atoms. The highest BCUT2D eigenvalue weighted by Crippen LogP contribution is 2.32. The lowest BCUT2D eigenvalue weighted by molar-refractivity contribution is -0.138. The maximum atomic E-state index is 14.0. The zero-order valence-electron chi connectivity index (χ0n) is 21.4. The van der Waals surface area contributed by atoms with E-state index >= 15 is 0 Å². The van der Waals surface area contributed by atoms with Gasteiger partial charge in [0, 0.05) is 0 Å². The van der Waals surface area contributed by atoms with Crippen LogP contribution in [0.25, 0.3) is 0 Å². The van der Waals surface area contributed by atoms with Gasteiger partial charge in [-0.1, -0.05) is 68.4 Å². The number of carbonyl (C=O) groups excluding carboxylic acids is 4. The van der Waals surface area contributed by atoms with Crippen LogP contribution >= 0.6 is 0 Å². The molecule has 3 rings (SSSR count). The summed E-state index contributed by atoms with van der Waals surface area (Å²) in [6, 6.07) is 14.6. The Balaban J connectivity index is 1.74. The van der Waals surface area contributed by atoms with Crippen LogP contribution in [0, 0.1) is 5.92 Å². The third-order valence-corrected chi connectivity index (χ3v) is 6.50. The SMILES string of the molecule is CC(C)C(NC(=O)OCc1ccccc1)C(=O)C1(NCC(=O)N[C@H](C=O)CC(=O)O)Cc2ccccc2C1. The Morgan fingerprint density at radius 2 is 1.58 bits per heavy atom. The molecule has 0 heterocycles. The van der Waals surface area contributed by atoms with E-state index in [4.69, 9.17) is 9.84 Å². The van der Waals surface area contributed by atoms with Gasteiger partial charge in [-0.3, -0.25) is 19.7 Å². The van der Waals surface area contributed by atoms with E-state index in [0.29, 0.717) is 19.1 Å². The quantitative estimate of drug-likeness (QED) is 0.290. The molecule has 2 aromatic rings. The topological polar surface area (TPSA) is 151 Å². The highest BCUT2D eigenvalue weighted by Gasteiger charge is 2.47. The number of aldehydes is 1. The van der Waals surface area contributed by atoms with Gasteiger partial charge in [0.15, 0.2) is 5.78 Å². The van der Waals surface area contributed by atoms with Crippen LogP contribution in [0.5, 0.6) is 0 Å². The molecule has 4 N–H and O–H groups in total. The molecule has 0 saturated carbocycles. The van der Waals surface area contributed by atoms with Crippen LogP contribution in [0.1, 0.15) is 37.0 Å². The van der Waals surface area contributed by atoms with E-state index in [1.54, 1.807) is 0 Å². The highest BCUT2D eigenvalue weighted by atomic mass is 16.5. The summed E-state index contributed by atoms with van der Waals surface area (Å²) in [6.45, 7) is 3.34. The van der Waals surface area contributed by atoms with E-state index in [1.807, 2.05) is 68.4 Å². The zero-order valence-corrected chi connectivity index (χ0v) is 21.4. The van der Waals surface area contributed by atoms with Crippen LogP contribution in [0.2, 0.25) is 0 Å². The summed E-state index contributed by atoms with van der Waals surface area (Å²) in [5.41, 5.74) is 1.49. The number of amides is 2. The predicted molar refractivity (Wildman–Crippen MR) is 138 cm³/mol. The molecule has 0 saturated heterocycles. The normalized spacial score (nSPS) is 15.1. The lowest BCUT2D eigenvalue weighted by atomic mass is 9.82. The van der Waals surface area contributed by atoms with Gasteiger partial charge in [-0.2, -0.15) is 0 Å². The number of Topliss-reactive ketones (excluding diaryl/α,β-unsaturated/α-hetero) is 1. The first-order chi connectivity index (χ1) is 18.1. The number of alkyl carbamates (subject to hydrolysis) is 1. The molecule has 2 atom stereocenters. The van der Waals surface area contributed by atoms with E-state index in [2.05, 4.69) is 16.0 Å². The Hall–Kier alpha value is -4.05. The molecular formula is C28H33N3O7. The van der Waals surface area contributed by atoms with Crippen molar-refractivity contribution in [2.24, 2.45) is 5.92 Å². The van der Waals surface area contributed by atoms with Gasteiger partial charge >= 0.3 is 12.1 Å². The molecule has 0 spiro atoms. The highest BCUT2D eigenvalue weighted by molar-refractivity contribution is 5.97. The molecule has 1 unspecified atom stereocenters. The van der Waals surface area contributed by atoms with Gasteiger partial charge in [-0.25, -0.2) is 4.79 Å². The van der Waals surface area contributed by atoms with Crippen molar-refractivity contribution >= 4 is 30.0 Å². The minimum absolute atomic E-state index is 0.0505. The van der Waals surface area contributed by atoms with Gasteiger partial charge in [0.1, 0.15) is 12.9 Å². The van der Waals surface area contributed by atoms with E-state index in [9.17, 15) is 24.0 Å². The van der Waals surface area contributed by atoms with Gasteiger partial charge in [-0.15, -0.1) is 0 Å². The summed E-state index contributed by atoms with van der Waals surface area (Å²) in [7, 11) is 0. The van der Waals surface area contributed by atoms with E-state index in [0.717, 1.165) is 16.7 Å². The van der Waals surface area contributed by atoms with Gasteiger partial charge < -0.3 is 25.3 Å². The number of hydrogen-bond acceptors (Lipinski definition) is 7. The Morgan fingerprint density at radius 3 is 2.13 bits per heavy atom. The number of carboxylic acid groups (broad SMARTS) is 1. The number of ketones is 1. The number of ether oxygens (including phenoxy) is 1. The minimum Gasteiger partial charge on any atom is -0.481 e. The molecule has 10 nitrogen and oxygen atoms in total. The monoisotopic (exact) mass is 523 g/mol. The first kappa shape index (κ1) is 28.5. The maximum absolute atomic E-state index is 14.0. The molecule has 0 aliphatic heterocycles. The number of carbonyl (C=O) groups is 5. The number of fused-ring (bicyclic) bond motifs is 1. The second kappa shape index (κ2) is 13.0. The molecule has 0 radical (unpaired) electrons. The summed E-state index contributed by atoms with van der Waals surface area (Å²) in [5.74, 6) is -2.43. The number of nitrogens with one attached hydrogen (secondary N) is 3. The van der Waals surface area contributed by atoms with Gasteiger partial charge in [0.2, 0.25) is 5.91 Å². The second-order valence-electron chi connectivity index (χ2n) is 9.76. The lowest BCUT2D eigenvalue weighted by Gasteiger charge is -2.34. The Labute approximate surface area is 221 Å². The molecule has 2 aromatic carbocycles. The predicted octanol–water partition coefficient (Wildman–Crippen LogP) is 1.79. The average Bonchev–Trinajstić information content (AvgIpc) is 3.28. The van der Waals surface area contributed by atoms with Crippen LogP contribution in [0.15, 0.2) is 54.6 Å². The van der Waals surface area contributed by atoms with Gasteiger partial charge in [0.25, 0.3) is 0 Å². The summed E-state index contributed by atoms with van der Waals surface area (Å²) in [4.78, 5) is 61.3. The summed E-state index contributed by atoms with van der Waals surface area (Å²) >= 11 is 0. The second-order valence-corrected chi connectivity index (χ2v) is 9.76. The molecule has 0 aromatic heterocycles. The van der Waals surface area contributed by atoms with E-state index < -0.39 is 42.0 Å². The van der Waals surface area contributed by atoms with Crippen molar-refractivity contribution < 1.29 is 33.8 Å².